The van der Waals surface area contributed by atoms with E-state index in [2.05, 4.69) is 21.5 Å². The van der Waals surface area contributed by atoms with Crippen LogP contribution >= 0.6 is 0 Å². The summed E-state index contributed by atoms with van der Waals surface area (Å²) in [5.41, 5.74) is 2.91. The quantitative estimate of drug-likeness (QED) is 0.352. The molecule has 0 aliphatic heterocycles. The fourth-order valence-electron chi connectivity index (χ4n) is 5.88. The van der Waals surface area contributed by atoms with Crippen LogP contribution in [0.15, 0.2) is 53.9 Å². The van der Waals surface area contributed by atoms with Gasteiger partial charge in [0.1, 0.15) is 5.52 Å². The van der Waals surface area contributed by atoms with Gasteiger partial charge in [0.25, 0.3) is 10.0 Å². The summed E-state index contributed by atoms with van der Waals surface area (Å²) in [6.45, 7) is 4.07. The fourth-order valence-corrected chi connectivity index (χ4v) is 9.24. The first-order chi connectivity index (χ1) is 17.2. The van der Waals surface area contributed by atoms with E-state index in [0.29, 0.717) is 17.1 Å². The van der Waals surface area contributed by atoms with Crippen LogP contribution in [0.2, 0.25) is 0 Å². The van der Waals surface area contributed by atoms with Crippen molar-refractivity contribution in [3.8, 4) is 0 Å². The van der Waals surface area contributed by atoms with E-state index >= 15 is 0 Å². The summed E-state index contributed by atoms with van der Waals surface area (Å²) < 4.78 is 55.5. The Morgan fingerprint density at radius 1 is 1.00 bits per heavy atom. The van der Waals surface area contributed by atoms with E-state index in [1.54, 1.807) is 42.7 Å². The Bertz CT molecular complexity index is 1670. The van der Waals surface area contributed by atoms with Crippen molar-refractivity contribution in [1.82, 2.24) is 18.5 Å². The van der Waals surface area contributed by atoms with Crippen LogP contribution in [0.1, 0.15) is 50.6 Å². The van der Waals surface area contributed by atoms with Crippen LogP contribution in [-0.4, -0.2) is 46.3 Å². The molecule has 1 unspecified atom stereocenters. The van der Waals surface area contributed by atoms with Gasteiger partial charge in [0.05, 0.1) is 33.9 Å². The summed E-state index contributed by atoms with van der Waals surface area (Å²) in [5.74, 6) is 0.731. The van der Waals surface area contributed by atoms with Crippen molar-refractivity contribution in [3.05, 3.63) is 54.6 Å². The maximum Gasteiger partial charge on any atom is 0.269 e. The molecule has 190 valence electrons. The molecule has 3 aromatic heterocycles. The Labute approximate surface area is 211 Å². The van der Waals surface area contributed by atoms with Crippen LogP contribution in [-0.2, 0) is 19.9 Å². The number of rotatable bonds is 7. The molecule has 3 heterocycles. The molecule has 2 fully saturated rings. The van der Waals surface area contributed by atoms with Gasteiger partial charge in [-0.05, 0) is 62.6 Å². The number of hydrogen-bond donors (Lipinski definition) is 0. The van der Waals surface area contributed by atoms with Crippen molar-refractivity contribution in [2.75, 3.05) is 5.75 Å². The zero-order chi connectivity index (χ0) is 25.2. The summed E-state index contributed by atoms with van der Waals surface area (Å²) >= 11 is 0. The van der Waals surface area contributed by atoms with Gasteiger partial charge in [0, 0.05) is 17.6 Å². The zero-order valence-corrected chi connectivity index (χ0v) is 22.0. The highest BCUT2D eigenvalue weighted by Gasteiger charge is 2.42. The predicted octanol–water partition coefficient (Wildman–Crippen LogP) is 4.49. The monoisotopic (exact) mass is 526 g/mol. The second kappa shape index (κ2) is 8.41. The lowest BCUT2D eigenvalue weighted by Crippen LogP contribution is -2.18. The van der Waals surface area contributed by atoms with Crippen molar-refractivity contribution in [2.45, 2.75) is 62.1 Å². The highest BCUT2D eigenvalue weighted by molar-refractivity contribution is 7.92. The second-order valence-electron chi connectivity index (χ2n) is 10.4. The van der Waals surface area contributed by atoms with Crippen LogP contribution in [0.25, 0.3) is 22.1 Å². The second-order valence-corrected chi connectivity index (χ2v) is 14.6. The topological polar surface area (TPSA) is 104 Å². The van der Waals surface area contributed by atoms with Gasteiger partial charge < -0.3 is 4.57 Å². The first-order valence-electron chi connectivity index (χ1n) is 12.6. The maximum absolute atomic E-state index is 13.4. The number of fused-ring (bicyclic) bond motifs is 3. The summed E-state index contributed by atoms with van der Waals surface area (Å²) in [4.78, 5) is 9.27. The first-order valence-corrected chi connectivity index (χ1v) is 15.7. The van der Waals surface area contributed by atoms with Crippen molar-refractivity contribution >= 4 is 41.9 Å². The van der Waals surface area contributed by atoms with Crippen LogP contribution in [0.4, 0.5) is 0 Å². The number of aromatic nitrogens is 4. The lowest BCUT2D eigenvalue weighted by Gasteiger charge is -2.20. The Morgan fingerprint density at radius 2 is 1.75 bits per heavy atom. The Hall–Kier alpha value is -2.72. The van der Waals surface area contributed by atoms with E-state index in [9.17, 15) is 16.8 Å². The fraction of sp³-hybridized carbons (Fsp3) is 0.462. The standard InChI is InChI=1S/C26H30N4O4S2/c1-3-19-12-18(15-35(31,32)20-8-9-20)13-24(19)29-16-28-23-14-27-26-22(25(23)29)10-11-30(26)36(33,34)21-6-4-17(2)5-7-21/h4-7,10-11,14,16,18-20,24H,3,8-9,12-13,15H2,1-2H3/t18-,19+,24?/m0/s1. The minimum Gasteiger partial charge on any atom is -0.327 e. The summed E-state index contributed by atoms with van der Waals surface area (Å²) in [6.07, 6.45) is 9.20. The van der Waals surface area contributed by atoms with Crippen molar-refractivity contribution in [1.29, 1.82) is 0 Å². The smallest absolute Gasteiger partial charge is 0.269 e. The van der Waals surface area contributed by atoms with Gasteiger partial charge in [-0.3, -0.25) is 0 Å². The number of benzene rings is 1. The average molecular weight is 527 g/mol. The summed E-state index contributed by atoms with van der Waals surface area (Å²) in [5, 5.41) is 0.594. The van der Waals surface area contributed by atoms with E-state index in [1.165, 1.54) is 3.97 Å². The predicted molar refractivity (Wildman–Crippen MR) is 139 cm³/mol. The van der Waals surface area contributed by atoms with Gasteiger partial charge >= 0.3 is 0 Å². The molecule has 2 saturated carbocycles. The third kappa shape index (κ3) is 3.85. The minimum absolute atomic E-state index is 0.113. The molecule has 8 nitrogen and oxygen atoms in total. The molecule has 2 aliphatic carbocycles. The highest BCUT2D eigenvalue weighted by atomic mass is 32.2. The summed E-state index contributed by atoms with van der Waals surface area (Å²) in [6, 6.07) is 8.69. The molecule has 0 radical (unpaired) electrons. The minimum atomic E-state index is -3.81. The van der Waals surface area contributed by atoms with Crippen molar-refractivity contribution in [2.24, 2.45) is 11.8 Å². The van der Waals surface area contributed by atoms with Crippen LogP contribution < -0.4 is 0 Å². The number of nitrogens with zero attached hydrogens (tertiary/aromatic N) is 4. The molecule has 1 aromatic carbocycles. The first kappa shape index (κ1) is 23.7. The van der Waals surface area contributed by atoms with Gasteiger partial charge in [0.15, 0.2) is 15.5 Å². The highest BCUT2D eigenvalue weighted by Crippen LogP contribution is 2.45. The Balaban J connectivity index is 1.40. The third-order valence-corrected chi connectivity index (χ3v) is 12.0. The van der Waals surface area contributed by atoms with Gasteiger partial charge in [-0.15, -0.1) is 0 Å². The lowest BCUT2D eigenvalue weighted by atomic mass is 10.00. The molecule has 36 heavy (non-hydrogen) atoms. The van der Waals surface area contributed by atoms with E-state index < -0.39 is 19.9 Å². The molecule has 3 atom stereocenters. The number of aryl methyl sites for hydroxylation is 1. The molecular weight excluding hydrogens is 496 g/mol. The van der Waals surface area contributed by atoms with Gasteiger partial charge in [0.2, 0.25) is 0 Å². The number of pyridine rings is 1. The molecule has 4 aromatic rings. The van der Waals surface area contributed by atoms with E-state index in [1.807, 2.05) is 13.3 Å². The summed E-state index contributed by atoms with van der Waals surface area (Å²) in [7, 11) is -6.83. The van der Waals surface area contributed by atoms with Crippen molar-refractivity contribution < 1.29 is 16.8 Å². The van der Waals surface area contributed by atoms with Crippen LogP contribution in [0, 0.1) is 18.8 Å². The van der Waals surface area contributed by atoms with Crippen molar-refractivity contribution in [3.63, 3.8) is 0 Å². The van der Waals surface area contributed by atoms with E-state index in [-0.39, 0.29) is 27.9 Å². The largest absolute Gasteiger partial charge is 0.327 e. The molecule has 0 bridgehead atoms. The third-order valence-electron chi connectivity index (χ3n) is 7.93. The molecule has 6 rings (SSSR count). The number of imidazole rings is 1. The average Bonchev–Trinajstić information content (AvgIpc) is 3.31. The molecule has 2 aliphatic rings. The molecule has 0 saturated heterocycles. The Morgan fingerprint density at radius 3 is 2.44 bits per heavy atom. The zero-order valence-electron chi connectivity index (χ0n) is 20.4. The number of sulfone groups is 1. The van der Waals surface area contributed by atoms with Gasteiger partial charge in [-0.2, -0.15) is 0 Å². The maximum atomic E-state index is 13.4. The van der Waals surface area contributed by atoms with E-state index in [0.717, 1.165) is 48.6 Å². The van der Waals surface area contributed by atoms with Crippen LogP contribution in [0.5, 0.6) is 0 Å². The molecular formula is C26H30N4O4S2. The molecule has 0 amide bonds. The van der Waals surface area contributed by atoms with Gasteiger partial charge in [-0.25, -0.2) is 30.8 Å². The molecule has 10 heteroatoms. The normalized spacial score (nSPS) is 23.1. The molecule has 0 N–H and O–H groups in total. The lowest BCUT2D eigenvalue weighted by molar-refractivity contribution is 0.377. The number of hydrogen-bond acceptors (Lipinski definition) is 6. The Kier molecular flexibility index (Phi) is 5.53. The SMILES string of the molecule is CC[C@@H]1C[C@H](CS(=O)(=O)C2CC2)CC1n1cnc2cnc3c(ccn3S(=O)(=O)c3ccc(C)cc3)c21. The van der Waals surface area contributed by atoms with Crippen LogP contribution in [0.3, 0.4) is 0 Å². The molecule has 0 spiro atoms. The van der Waals surface area contributed by atoms with Gasteiger partial charge in [-0.1, -0.05) is 31.0 Å². The van der Waals surface area contributed by atoms with E-state index in [4.69, 9.17) is 0 Å².